The Morgan fingerprint density at radius 3 is 2.69 bits per heavy atom. The first-order valence-electron chi connectivity index (χ1n) is 10.6. The number of aromatic nitrogens is 1. The van der Waals surface area contributed by atoms with Crippen molar-refractivity contribution >= 4 is 22.0 Å². The van der Waals surface area contributed by atoms with Gasteiger partial charge in [0.15, 0.2) is 9.84 Å². The van der Waals surface area contributed by atoms with Crippen LogP contribution in [0.5, 0.6) is 0 Å². The van der Waals surface area contributed by atoms with E-state index in [9.17, 15) is 8.42 Å². The predicted molar refractivity (Wildman–Crippen MR) is 112 cm³/mol. The lowest BCUT2D eigenvalue weighted by molar-refractivity contribution is -0.0445. The van der Waals surface area contributed by atoms with Crippen LogP contribution in [0.4, 0.5) is 5.82 Å². The zero-order valence-corrected chi connectivity index (χ0v) is 17.9. The number of rotatable bonds is 7. The Balaban J connectivity index is 1.11. The Bertz CT molecular complexity index is 866. The minimum Gasteiger partial charge on any atom is -0.381 e. The zero-order valence-electron chi connectivity index (χ0n) is 17.1. The summed E-state index contributed by atoms with van der Waals surface area (Å²) >= 11 is 0. The van der Waals surface area contributed by atoms with Crippen LogP contribution < -0.4 is 5.32 Å². The molecule has 8 nitrogen and oxygen atoms in total. The molecule has 2 N–H and O–H groups in total. The third-order valence-corrected chi connectivity index (χ3v) is 9.60. The summed E-state index contributed by atoms with van der Waals surface area (Å²) in [5, 5.41) is 3.19. The quantitative estimate of drug-likeness (QED) is 0.689. The molecule has 2 saturated carbocycles. The van der Waals surface area contributed by atoms with Gasteiger partial charge in [-0.25, -0.2) is 13.4 Å². The molecule has 0 amide bonds. The maximum atomic E-state index is 12.8. The Labute approximate surface area is 172 Å². The SMILES string of the molecule is CNC1c2cc[nH]c2N=CN1[C@H]1C[C@H](CS(=O)(=O)C2CN(C3CC(OC)C3)C2)C1. The van der Waals surface area contributed by atoms with Crippen molar-refractivity contribution in [2.75, 3.05) is 33.0 Å². The van der Waals surface area contributed by atoms with Crippen molar-refractivity contribution in [3.63, 3.8) is 0 Å². The Morgan fingerprint density at radius 2 is 2.00 bits per heavy atom. The van der Waals surface area contributed by atoms with E-state index < -0.39 is 9.84 Å². The highest BCUT2D eigenvalue weighted by atomic mass is 32.2. The highest BCUT2D eigenvalue weighted by molar-refractivity contribution is 7.92. The second kappa shape index (κ2) is 7.37. The maximum Gasteiger partial charge on any atom is 0.155 e. The number of hydrogen-bond donors (Lipinski definition) is 2. The first kappa shape index (κ1) is 19.5. The topological polar surface area (TPSA) is 90.0 Å². The molecule has 0 radical (unpaired) electrons. The lowest BCUT2D eigenvalue weighted by Gasteiger charge is -2.50. The summed E-state index contributed by atoms with van der Waals surface area (Å²) in [6.45, 7) is 1.41. The molecule has 0 spiro atoms. The highest BCUT2D eigenvalue weighted by Crippen LogP contribution is 2.40. The number of ether oxygens (including phenoxy) is 1. The average Bonchev–Trinajstić information content (AvgIpc) is 3.06. The van der Waals surface area contributed by atoms with E-state index in [-0.39, 0.29) is 17.3 Å². The molecular formula is C20H31N5O3S. The van der Waals surface area contributed by atoms with Gasteiger partial charge in [-0.2, -0.15) is 0 Å². The monoisotopic (exact) mass is 421 g/mol. The number of sulfone groups is 1. The van der Waals surface area contributed by atoms with Crippen LogP contribution >= 0.6 is 0 Å². The fourth-order valence-corrected chi connectivity index (χ4v) is 7.27. The molecule has 29 heavy (non-hydrogen) atoms. The van der Waals surface area contributed by atoms with Crippen molar-refractivity contribution in [3.05, 3.63) is 17.8 Å². The van der Waals surface area contributed by atoms with Crippen LogP contribution in [0.2, 0.25) is 0 Å². The van der Waals surface area contributed by atoms with Crippen molar-refractivity contribution in [2.24, 2.45) is 10.9 Å². The summed E-state index contributed by atoms with van der Waals surface area (Å²) in [6, 6.07) is 2.92. The molecule has 1 aromatic heterocycles. The summed E-state index contributed by atoms with van der Waals surface area (Å²) < 4.78 is 31.0. The molecule has 5 rings (SSSR count). The summed E-state index contributed by atoms with van der Waals surface area (Å²) in [6.07, 6.45) is 8.17. The molecule has 9 heteroatoms. The third kappa shape index (κ3) is 3.41. The molecular weight excluding hydrogens is 390 g/mol. The maximum absolute atomic E-state index is 12.8. The molecule has 1 aromatic rings. The second-order valence-corrected chi connectivity index (χ2v) is 11.4. The van der Waals surface area contributed by atoms with Gasteiger partial charge >= 0.3 is 0 Å². The van der Waals surface area contributed by atoms with Crippen molar-refractivity contribution in [1.29, 1.82) is 0 Å². The molecule has 1 saturated heterocycles. The van der Waals surface area contributed by atoms with E-state index in [0.29, 0.717) is 37.0 Å². The van der Waals surface area contributed by atoms with Gasteiger partial charge in [0.25, 0.3) is 0 Å². The van der Waals surface area contributed by atoms with Crippen LogP contribution in [0, 0.1) is 5.92 Å². The molecule has 0 aromatic carbocycles. The minimum absolute atomic E-state index is 0.0925. The predicted octanol–water partition coefficient (Wildman–Crippen LogP) is 1.26. The number of aliphatic imine (C=N–C) groups is 1. The van der Waals surface area contributed by atoms with E-state index in [1.165, 1.54) is 0 Å². The molecule has 1 unspecified atom stereocenters. The Kier molecular flexibility index (Phi) is 4.97. The van der Waals surface area contributed by atoms with Gasteiger partial charge in [0, 0.05) is 44.0 Å². The average molecular weight is 422 g/mol. The Hall–Kier alpha value is -1.42. The standard InChI is InChI=1S/C20H31N5O3S/c1-21-20-18-3-4-22-19(18)23-12-25(20)15-5-13(6-15)11-29(26,27)17-9-24(10-17)14-7-16(8-14)28-2/h3-4,12-17,20-22H,5-11H2,1-2H3/t13-,14?,15-,16?,20?. The molecule has 2 aliphatic carbocycles. The molecule has 160 valence electrons. The van der Waals surface area contributed by atoms with Crippen molar-refractivity contribution in [2.45, 2.75) is 55.3 Å². The van der Waals surface area contributed by atoms with E-state index in [4.69, 9.17) is 4.74 Å². The van der Waals surface area contributed by atoms with Gasteiger partial charge < -0.3 is 14.6 Å². The Morgan fingerprint density at radius 1 is 1.24 bits per heavy atom. The number of H-pyrrole nitrogens is 1. The van der Waals surface area contributed by atoms with Gasteiger partial charge in [0.2, 0.25) is 0 Å². The first-order valence-corrected chi connectivity index (χ1v) is 12.3. The fraction of sp³-hybridized carbons (Fsp3) is 0.750. The summed E-state index contributed by atoms with van der Waals surface area (Å²) in [4.78, 5) is 12.2. The zero-order chi connectivity index (χ0) is 20.2. The second-order valence-electron chi connectivity index (χ2n) is 9.04. The van der Waals surface area contributed by atoms with Crippen LogP contribution in [-0.2, 0) is 14.6 Å². The molecule has 4 aliphatic rings. The number of aromatic amines is 1. The van der Waals surface area contributed by atoms with Gasteiger partial charge in [-0.15, -0.1) is 0 Å². The van der Waals surface area contributed by atoms with E-state index in [1.807, 2.05) is 19.6 Å². The number of likely N-dealkylation sites (tertiary alicyclic amines) is 1. The molecule has 3 heterocycles. The lowest BCUT2D eigenvalue weighted by Crippen LogP contribution is -2.63. The van der Waals surface area contributed by atoms with Crippen molar-refractivity contribution < 1.29 is 13.2 Å². The van der Waals surface area contributed by atoms with Gasteiger partial charge in [-0.05, 0) is 44.7 Å². The smallest absolute Gasteiger partial charge is 0.155 e. The fourth-order valence-electron chi connectivity index (χ4n) is 5.23. The largest absolute Gasteiger partial charge is 0.381 e. The first-order chi connectivity index (χ1) is 14.0. The molecule has 3 fully saturated rings. The van der Waals surface area contributed by atoms with Crippen LogP contribution in [0.3, 0.4) is 0 Å². The minimum atomic E-state index is -3.01. The van der Waals surface area contributed by atoms with Gasteiger partial charge in [0.1, 0.15) is 12.0 Å². The summed E-state index contributed by atoms with van der Waals surface area (Å²) in [5.74, 6) is 1.49. The van der Waals surface area contributed by atoms with E-state index in [0.717, 1.165) is 37.1 Å². The highest BCUT2D eigenvalue weighted by Gasteiger charge is 2.46. The van der Waals surface area contributed by atoms with Crippen LogP contribution in [-0.4, -0.2) is 86.0 Å². The van der Waals surface area contributed by atoms with E-state index in [1.54, 1.807) is 7.11 Å². The van der Waals surface area contributed by atoms with Crippen LogP contribution in [0.1, 0.15) is 37.4 Å². The van der Waals surface area contributed by atoms with Gasteiger partial charge in [-0.3, -0.25) is 10.2 Å². The van der Waals surface area contributed by atoms with Crippen LogP contribution in [0.25, 0.3) is 0 Å². The number of hydrogen-bond acceptors (Lipinski definition) is 7. The normalized spacial score (nSPS) is 35.0. The van der Waals surface area contributed by atoms with E-state index >= 15 is 0 Å². The number of nitrogens with one attached hydrogen (secondary N) is 2. The number of methoxy groups -OCH3 is 1. The number of fused-ring (bicyclic) bond motifs is 1. The van der Waals surface area contributed by atoms with Gasteiger partial charge in [-0.1, -0.05) is 0 Å². The molecule has 2 aliphatic heterocycles. The molecule has 1 atom stereocenters. The third-order valence-electron chi connectivity index (χ3n) is 7.35. The lowest BCUT2D eigenvalue weighted by atomic mass is 9.80. The summed E-state index contributed by atoms with van der Waals surface area (Å²) in [7, 11) is 0.692. The number of nitrogens with zero attached hydrogens (tertiary/aromatic N) is 3. The van der Waals surface area contributed by atoms with Crippen LogP contribution in [0.15, 0.2) is 17.3 Å². The van der Waals surface area contributed by atoms with Crippen molar-refractivity contribution in [1.82, 2.24) is 20.1 Å². The van der Waals surface area contributed by atoms with Crippen molar-refractivity contribution in [3.8, 4) is 0 Å². The van der Waals surface area contributed by atoms with E-state index in [2.05, 4.69) is 31.2 Å². The molecule has 0 bridgehead atoms. The van der Waals surface area contributed by atoms with Gasteiger partial charge in [0.05, 0.1) is 23.4 Å². The summed E-state index contributed by atoms with van der Waals surface area (Å²) in [5.41, 5.74) is 1.15.